The summed E-state index contributed by atoms with van der Waals surface area (Å²) in [6.45, 7) is 8.28. The molecule has 0 spiro atoms. The molecule has 2 aliphatic rings. The lowest BCUT2D eigenvalue weighted by Gasteiger charge is -2.37. The summed E-state index contributed by atoms with van der Waals surface area (Å²) in [6, 6.07) is 23.2. The minimum absolute atomic E-state index is 0.00734. The number of aliphatic hydroxyl groups excluding tert-OH is 5. The molecule has 2 aliphatic heterocycles. The lowest BCUT2D eigenvalue weighted by Crippen LogP contribution is -2.36. The summed E-state index contributed by atoms with van der Waals surface area (Å²) in [5.41, 5.74) is 5.02. The van der Waals surface area contributed by atoms with E-state index in [0.29, 0.717) is 85.1 Å². The Morgan fingerprint density at radius 3 is 1.55 bits per heavy atom. The highest BCUT2D eigenvalue weighted by Crippen LogP contribution is 2.44. The quantitative estimate of drug-likeness (QED) is 0.0522. The SMILES string of the molecule is COc1cc(CC(=O)c2ccc3c(c2)C(O)CC(C)(C)O3)cc(CO)c1CO.COc1cc(CC(=O)c2ccc3c(c2)C(OS(=O)(=O)c2ccc(C)cc2)CC(C)(C)O3)cc(CO)c1CO. The van der Waals surface area contributed by atoms with Gasteiger partial charge in [-0.2, -0.15) is 8.42 Å². The number of benzene rings is 5. The zero-order chi connectivity index (χ0) is 48.1. The second kappa shape index (κ2) is 20.5. The number of Topliss-reactive ketones (excluding diaryl/α,β-unsaturated/α-hetero) is 2. The lowest BCUT2D eigenvalue weighted by atomic mass is 9.89. The molecule has 14 nitrogen and oxygen atoms in total. The Balaban J connectivity index is 0.000000229. The van der Waals surface area contributed by atoms with E-state index in [2.05, 4.69) is 0 Å². The van der Waals surface area contributed by atoms with Crippen LogP contribution in [0.25, 0.3) is 0 Å². The highest BCUT2D eigenvalue weighted by atomic mass is 32.2. The maximum absolute atomic E-state index is 13.3. The van der Waals surface area contributed by atoms with Crippen LogP contribution in [0.2, 0.25) is 0 Å². The van der Waals surface area contributed by atoms with Gasteiger partial charge in [0.25, 0.3) is 10.1 Å². The van der Waals surface area contributed by atoms with Gasteiger partial charge in [-0.25, -0.2) is 0 Å². The Hall–Kier alpha value is -5.65. The zero-order valence-corrected chi connectivity index (χ0v) is 39.0. The predicted octanol–water partition coefficient (Wildman–Crippen LogP) is 7.12. The number of carbonyl (C=O) groups is 2. The summed E-state index contributed by atoms with van der Waals surface area (Å²) in [4.78, 5) is 26.1. The molecule has 66 heavy (non-hydrogen) atoms. The first kappa shape index (κ1) is 49.8. The summed E-state index contributed by atoms with van der Waals surface area (Å²) >= 11 is 0. The van der Waals surface area contributed by atoms with Gasteiger partial charge < -0.3 is 44.5 Å². The van der Waals surface area contributed by atoms with Crippen LogP contribution in [0.5, 0.6) is 23.0 Å². The van der Waals surface area contributed by atoms with E-state index in [9.17, 15) is 43.5 Å². The van der Waals surface area contributed by atoms with Crippen LogP contribution in [-0.4, -0.2) is 70.9 Å². The number of methoxy groups -OCH3 is 2. The van der Waals surface area contributed by atoms with Crippen molar-refractivity contribution in [1.82, 2.24) is 0 Å². The van der Waals surface area contributed by atoms with Crippen LogP contribution >= 0.6 is 0 Å². The molecular weight excluding hydrogens is 869 g/mol. The highest BCUT2D eigenvalue weighted by molar-refractivity contribution is 7.86. The second-order valence-corrected chi connectivity index (χ2v) is 19.3. The molecule has 0 aliphatic carbocycles. The smallest absolute Gasteiger partial charge is 0.297 e. The first-order valence-electron chi connectivity index (χ1n) is 21.4. The third-order valence-electron chi connectivity index (χ3n) is 11.6. The Morgan fingerprint density at radius 2 is 1.09 bits per heavy atom. The van der Waals surface area contributed by atoms with Crippen molar-refractivity contribution < 1.29 is 66.7 Å². The molecule has 352 valence electrons. The number of carbonyl (C=O) groups excluding carboxylic acids is 2. The van der Waals surface area contributed by atoms with Gasteiger partial charge in [0.15, 0.2) is 11.6 Å². The van der Waals surface area contributed by atoms with Crippen molar-refractivity contribution in [3.05, 3.63) is 146 Å². The Morgan fingerprint density at radius 1 is 0.636 bits per heavy atom. The molecule has 7 rings (SSSR count). The molecule has 0 amide bonds. The number of fused-ring (bicyclic) bond motifs is 2. The minimum atomic E-state index is -4.07. The van der Waals surface area contributed by atoms with Gasteiger partial charge in [-0.3, -0.25) is 13.8 Å². The average Bonchev–Trinajstić information content (AvgIpc) is 3.27. The normalized spacial score (nSPS) is 16.9. The minimum Gasteiger partial charge on any atom is -0.496 e. The van der Waals surface area contributed by atoms with Crippen LogP contribution in [-0.2, 0) is 53.6 Å². The number of hydrogen-bond donors (Lipinski definition) is 5. The third-order valence-corrected chi connectivity index (χ3v) is 12.9. The fourth-order valence-corrected chi connectivity index (χ4v) is 9.33. The van der Waals surface area contributed by atoms with Crippen LogP contribution < -0.4 is 18.9 Å². The van der Waals surface area contributed by atoms with E-state index < -0.39 is 33.5 Å². The van der Waals surface area contributed by atoms with E-state index in [-0.39, 0.29) is 62.2 Å². The van der Waals surface area contributed by atoms with E-state index in [4.69, 9.17) is 23.1 Å². The molecule has 2 unspecified atom stereocenters. The van der Waals surface area contributed by atoms with Crippen molar-refractivity contribution >= 4 is 21.7 Å². The molecule has 15 heteroatoms. The number of aliphatic hydroxyl groups is 5. The van der Waals surface area contributed by atoms with Gasteiger partial charge in [0.05, 0.1) is 51.6 Å². The third kappa shape index (κ3) is 11.5. The van der Waals surface area contributed by atoms with Crippen LogP contribution in [0.4, 0.5) is 0 Å². The van der Waals surface area contributed by atoms with Crippen LogP contribution in [0.15, 0.2) is 89.8 Å². The molecule has 2 atom stereocenters. The van der Waals surface area contributed by atoms with Crippen molar-refractivity contribution in [3.63, 3.8) is 0 Å². The number of hydrogen-bond acceptors (Lipinski definition) is 14. The van der Waals surface area contributed by atoms with Crippen molar-refractivity contribution in [2.45, 2.75) is 115 Å². The van der Waals surface area contributed by atoms with Gasteiger partial charge in [0.1, 0.15) is 40.3 Å². The van der Waals surface area contributed by atoms with Crippen LogP contribution in [0.3, 0.4) is 0 Å². The van der Waals surface area contributed by atoms with Gasteiger partial charge >= 0.3 is 0 Å². The Bertz CT molecular complexity index is 2640. The van der Waals surface area contributed by atoms with E-state index >= 15 is 0 Å². The van der Waals surface area contributed by atoms with Crippen molar-refractivity contribution in [2.24, 2.45) is 0 Å². The molecule has 0 aromatic heterocycles. The fraction of sp³-hybridized carbons (Fsp3) is 0.373. The second-order valence-electron chi connectivity index (χ2n) is 17.7. The standard InChI is InChI=1S/C29H32O8S.C22H26O6/c1-18-5-8-22(9-6-18)38(33,34)37-28-15-29(2,3)36-26-10-7-20(14-23(26)28)25(32)12-19-11-21(16-30)24(17-31)27(13-19)35-4;1-22(2)10-19(26)16-9-14(4-5-20(16)28-22)18(25)7-13-6-15(11-23)17(12-24)21(8-13)27-3/h5-11,13-14,28,30-31H,12,15-17H2,1-4H3;4-6,8-9,19,23-24,26H,7,10-12H2,1-3H3. The van der Waals surface area contributed by atoms with Gasteiger partial charge in [0, 0.05) is 59.1 Å². The first-order chi connectivity index (χ1) is 31.2. The predicted molar refractivity (Wildman–Crippen MR) is 244 cm³/mol. The largest absolute Gasteiger partial charge is 0.496 e. The number of ether oxygens (including phenoxy) is 4. The van der Waals surface area contributed by atoms with E-state index in [0.717, 1.165) is 5.56 Å². The zero-order valence-electron chi connectivity index (χ0n) is 38.2. The number of rotatable bonds is 15. The van der Waals surface area contributed by atoms with E-state index in [1.807, 2.05) is 34.6 Å². The average molecular weight is 927 g/mol. The lowest BCUT2D eigenvalue weighted by molar-refractivity contribution is 0.0115. The Labute approximate surface area is 385 Å². The van der Waals surface area contributed by atoms with Crippen molar-refractivity contribution in [2.75, 3.05) is 14.2 Å². The van der Waals surface area contributed by atoms with Crippen molar-refractivity contribution in [3.8, 4) is 23.0 Å². The summed E-state index contributed by atoms with van der Waals surface area (Å²) < 4.78 is 54.5. The van der Waals surface area contributed by atoms with E-state index in [1.54, 1.807) is 72.8 Å². The summed E-state index contributed by atoms with van der Waals surface area (Å²) in [5, 5.41) is 48.8. The molecule has 0 saturated carbocycles. The molecule has 5 aromatic rings. The molecule has 0 bridgehead atoms. The summed E-state index contributed by atoms with van der Waals surface area (Å²) in [5.74, 6) is 1.53. The molecular formula is C51H58O14S. The maximum atomic E-state index is 13.3. The fourth-order valence-electron chi connectivity index (χ4n) is 8.27. The number of aryl methyl sites for hydroxylation is 1. The molecule has 5 aromatic carbocycles. The van der Waals surface area contributed by atoms with Crippen LogP contribution in [0.1, 0.15) is 124 Å². The van der Waals surface area contributed by atoms with Gasteiger partial charge in [-0.15, -0.1) is 0 Å². The molecule has 2 heterocycles. The molecule has 5 N–H and O–H groups in total. The molecule has 0 radical (unpaired) electrons. The van der Waals surface area contributed by atoms with Gasteiger partial charge in [-0.1, -0.05) is 29.8 Å². The van der Waals surface area contributed by atoms with E-state index in [1.165, 1.54) is 26.4 Å². The van der Waals surface area contributed by atoms with Crippen LogP contribution in [0, 0.1) is 6.92 Å². The summed E-state index contributed by atoms with van der Waals surface area (Å²) in [7, 11) is -1.14. The summed E-state index contributed by atoms with van der Waals surface area (Å²) in [6.07, 6.45) is -0.696. The Kier molecular flexibility index (Phi) is 15.4. The topological polar surface area (TPSA) is 216 Å². The van der Waals surface area contributed by atoms with Gasteiger partial charge in [-0.05, 0) is 118 Å². The monoisotopic (exact) mass is 926 g/mol. The van der Waals surface area contributed by atoms with Gasteiger partial charge in [0.2, 0.25) is 0 Å². The first-order valence-corrected chi connectivity index (χ1v) is 22.9. The maximum Gasteiger partial charge on any atom is 0.297 e. The number of ketones is 2. The van der Waals surface area contributed by atoms with Crippen molar-refractivity contribution in [1.29, 1.82) is 0 Å². The molecule has 0 saturated heterocycles. The highest BCUT2D eigenvalue weighted by Gasteiger charge is 2.38. The molecule has 0 fully saturated rings.